The SMILES string of the molecule is CCN(C(=O)COC(=O)CCc1ccc(OC)cc1)c1c(N)n(Cc2ccccc2)c(=O)[nH]c1=O. The normalized spacial score (nSPS) is 10.6. The monoisotopic (exact) mass is 480 g/mol. The molecule has 0 saturated carbocycles. The summed E-state index contributed by atoms with van der Waals surface area (Å²) in [5, 5.41) is 0. The minimum Gasteiger partial charge on any atom is -0.497 e. The lowest BCUT2D eigenvalue weighted by Crippen LogP contribution is -2.42. The molecule has 1 aromatic heterocycles. The Balaban J connectivity index is 1.68. The van der Waals surface area contributed by atoms with E-state index in [4.69, 9.17) is 15.2 Å². The van der Waals surface area contributed by atoms with E-state index in [0.29, 0.717) is 12.2 Å². The summed E-state index contributed by atoms with van der Waals surface area (Å²) in [4.78, 5) is 53.2. The van der Waals surface area contributed by atoms with Gasteiger partial charge in [-0.1, -0.05) is 42.5 Å². The summed E-state index contributed by atoms with van der Waals surface area (Å²) in [6, 6.07) is 16.4. The van der Waals surface area contributed by atoms with Gasteiger partial charge in [0.2, 0.25) is 0 Å². The van der Waals surface area contributed by atoms with E-state index in [1.807, 2.05) is 42.5 Å². The number of likely N-dealkylation sites (N-methyl/N-ethyl adjacent to an activating group) is 1. The number of rotatable bonds is 10. The Morgan fingerprint density at radius 3 is 2.34 bits per heavy atom. The Kier molecular flexibility index (Phi) is 8.44. The standard InChI is InChI=1S/C25H28N4O6/c1-3-28(20(30)16-35-21(31)14-11-17-9-12-19(34-2)13-10-17)22-23(26)29(25(33)27-24(22)32)15-18-7-5-4-6-8-18/h4-10,12-13H,3,11,14-16,26H2,1-2H3,(H,27,32,33). The van der Waals surface area contributed by atoms with Crippen LogP contribution in [0.3, 0.4) is 0 Å². The molecule has 1 amide bonds. The van der Waals surface area contributed by atoms with Gasteiger partial charge in [-0.15, -0.1) is 0 Å². The first-order chi connectivity index (χ1) is 16.8. The van der Waals surface area contributed by atoms with Crippen molar-refractivity contribution in [2.75, 3.05) is 30.9 Å². The van der Waals surface area contributed by atoms with Gasteiger partial charge < -0.3 is 20.1 Å². The summed E-state index contributed by atoms with van der Waals surface area (Å²) in [6.07, 6.45) is 0.516. The molecular formula is C25H28N4O6. The number of amides is 1. The van der Waals surface area contributed by atoms with Crippen LogP contribution in [0, 0.1) is 0 Å². The van der Waals surface area contributed by atoms with E-state index >= 15 is 0 Å². The van der Waals surface area contributed by atoms with Gasteiger partial charge in [0.05, 0.1) is 13.7 Å². The molecule has 0 atom stereocenters. The second kappa shape index (κ2) is 11.7. The molecule has 0 aliphatic carbocycles. The predicted molar refractivity (Wildman–Crippen MR) is 132 cm³/mol. The van der Waals surface area contributed by atoms with E-state index in [0.717, 1.165) is 16.0 Å². The fourth-order valence-electron chi connectivity index (χ4n) is 3.55. The van der Waals surface area contributed by atoms with Crippen LogP contribution in [0.25, 0.3) is 0 Å². The number of nitrogens with two attached hydrogens (primary N) is 1. The maximum absolute atomic E-state index is 12.8. The Bertz CT molecular complexity index is 1280. The molecule has 0 aliphatic rings. The number of aromatic nitrogens is 2. The van der Waals surface area contributed by atoms with Gasteiger partial charge in [0.15, 0.2) is 12.3 Å². The zero-order valence-electron chi connectivity index (χ0n) is 19.7. The molecule has 0 saturated heterocycles. The average molecular weight is 481 g/mol. The topological polar surface area (TPSA) is 137 Å². The number of carbonyl (C=O) groups excluding carboxylic acids is 2. The summed E-state index contributed by atoms with van der Waals surface area (Å²) in [7, 11) is 1.57. The van der Waals surface area contributed by atoms with E-state index in [-0.39, 0.29) is 31.0 Å². The van der Waals surface area contributed by atoms with Gasteiger partial charge in [-0.05, 0) is 36.6 Å². The first kappa shape index (κ1) is 25.3. The zero-order chi connectivity index (χ0) is 25.4. The summed E-state index contributed by atoms with van der Waals surface area (Å²) in [5.41, 5.74) is 6.24. The minimum atomic E-state index is -0.794. The third kappa shape index (κ3) is 6.38. The van der Waals surface area contributed by atoms with Crippen molar-refractivity contribution < 1.29 is 19.1 Å². The third-order valence-electron chi connectivity index (χ3n) is 5.42. The van der Waals surface area contributed by atoms with E-state index < -0.39 is 29.7 Å². The van der Waals surface area contributed by atoms with Crippen molar-refractivity contribution in [2.24, 2.45) is 0 Å². The van der Waals surface area contributed by atoms with Gasteiger partial charge in [-0.25, -0.2) is 4.79 Å². The van der Waals surface area contributed by atoms with Crippen LogP contribution in [0.15, 0.2) is 64.2 Å². The van der Waals surface area contributed by atoms with Crippen LogP contribution in [0.2, 0.25) is 0 Å². The third-order valence-corrected chi connectivity index (χ3v) is 5.42. The maximum atomic E-state index is 12.8. The van der Waals surface area contributed by atoms with Crippen molar-refractivity contribution in [3.05, 3.63) is 86.6 Å². The smallest absolute Gasteiger partial charge is 0.330 e. The van der Waals surface area contributed by atoms with Gasteiger partial charge in [-0.3, -0.25) is 23.9 Å². The van der Waals surface area contributed by atoms with Crippen LogP contribution in [-0.2, 0) is 27.3 Å². The number of hydrogen-bond donors (Lipinski definition) is 2. The number of aryl methyl sites for hydroxylation is 1. The van der Waals surface area contributed by atoms with Gasteiger partial charge in [-0.2, -0.15) is 0 Å². The summed E-state index contributed by atoms with van der Waals surface area (Å²) in [6.45, 7) is 1.28. The summed E-state index contributed by atoms with van der Waals surface area (Å²) in [5.74, 6) is -0.622. The van der Waals surface area contributed by atoms with Crippen LogP contribution < -0.4 is 26.6 Å². The molecule has 0 radical (unpaired) electrons. The molecule has 10 heteroatoms. The highest BCUT2D eigenvalue weighted by Crippen LogP contribution is 2.18. The molecule has 1 heterocycles. The highest BCUT2D eigenvalue weighted by atomic mass is 16.5. The Labute approximate surface area is 201 Å². The van der Waals surface area contributed by atoms with Crippen molar-refractivity contribution >= 4 is 23.4 Å². The molecule has 0 bridgehead atoms. The van der Waals surface area contributed by atoms with Gasteiger partial charge >= 0.3 is 11.7 Å². The molecule has 35 heavy (non-hydrogen) atoms. The van der Waals surface area contributed by atoms with Crippen molar-refractivity contribution in [1.82, 2.24) is 9.55 Å². The molecule has 10 nitrogen and oxygen atoms in total. The van der Waals surface area contributed by atoms with Crippen molar-refractivity contribution in [2.45, 2.75) is 26.3 Å². The molecule has 184 valence electrons. The summed E-state index contributed by atoms with van der Waals surface area (Å²) < 4.78 is 11.4. The first-order valence-electron chi connectivity index (χ1n) is 11.1. The molecule has 0 unspecified atom stereocenters. The number of methoxy groups -OCH3 is 1. The first-order valence-corrected chi connectivity index (χ1v) is 11.1. The molecule has 3 rings (SSSR count). The molecule has 0 aliphatic heterocycles. The largest absolute Gasteiger partial charge is 0.497 e. The lowest BCUT2D eigenvalue weighted by atomic mass is 10.1. The number of anilines is 2. The average Bonchev–Trinajstić information content (AvgIpc) is 2.87. The molecule has 3 N–H and O–H groups in total. The van der Waals surface area contributed by atoms with Crippen LogP contribution in [0.5, 0.6) is 5.75 Å². The zero-order valence-corrected chi connectivity index (χ0v) is 19.7. The van der Waals surface area contributed by atoms with Crippen LogP contribution in [0.4, 0.5) is 11.5 Å². The quantitative estimate of drug-likeness (QED) is 0.422. The highest BCUT2D eigenvalue weighted by molar-refractivity contribution is 5.97. The highest BCUT2D eigenvalue weighted by Gasteiger charge is 2.24. The number of carbonyl (C=O) groups is 2. The number of H-pyrrole nitrogens is 1. The molecule has 0 spiro atoms. The molecular weight excluding hydrogens is 452 g/mol. The number of ether oxygens (including phenoxy) is 2. The number of esters is 1. The Hall–Kier alpha value is -4.34. The van der Waals surface area contributed by atoms with E-state index in [1.165, 1.54) is 4.57 Å². The summed E-state index contributed by atoms with van der Waals surface area (Å²) >= 11 is 0. The van der Waals surface area contributed by atoms with E-state index in [9.17, 15) is 19.2 Å². The fraction of sp³-hybridized carbons (Fsp3) is 0.280. The lowest BCUT2D eigenvalue weighted by molar-refractivity contribution is -0.147. The lowest BCUT2D eigenvalue weighted by Gasteiger charge is -2.23. The second-order valence-electron chi connectivity index (χ2n) is 7.71. The van der Waals surface area contributed by atoms with Crippen LogP contribution in [-0.4, -0.2) is 41.7 Å². The fourth-order valence-corrected chi connectivity index (χ4v) is 3.55. The van der Waals surface area contributed by atoms with Gasteiger partial charge in [0, 0.05) is 13.0 Å². The molecule has 3 aromatic rings. The number of benzene rings is 2. The minimum absolute atomic E-state index is 0.0798. The maximum Gasteiger partial charge on any atom is 0.330 e. The van der Waals surface area contributed by atoms with E-state index in [2.05, 4.69) is 4.98 Å². The van der Waals surface area contributed by atoms with Gasteiger partial charge in [0.25, 0.3) is 11.5 Å². The number of nitrogens with zero attached hydrogens (tertiary/aromatic N) is 2. The number of hydrogen-bond acceptors (Lipinski definition) is 7. The van der Waals surface area contributed by atoms with Crippen molar-refractivity contribution in [1.29, 1.82) is 0 Å². The second-order valence-corrected chi connectivity index (χ2v) is 7.71. The Morgan fingerprint density at radius 2 is 1.71 bits per heavy atom. The van der Waals surface area contributed by atoms with E-state index in [1.54, 1.807) is 26.2 Å². The number of nitrogen functional groups attached to an aromatic ring is 1. The van der Waals surface area contributed by atoms with Crippen LogP contribution in [0.1, 0.15) is 24.5 Å². The van der Waals surface area contributed by atoms with Crippen LogP contribution >= 0.6 is 0 Å². The Morgan fingerprint density at radius 1 is 1.03 bits per heavy atom. The number of aromatic amines is 1. The molecule has 0 fully saturated rings. The van der Waals surface area contributed by atoms with Crippen molar-refractivity contribution in [3.63, 3.8) is 0 Å². The molecule has 2 aromatic carbocycles. The van der Waals surface area contributed by atoms with Gasteiger partial charge in [0.1, 0.15) is 11.6 Å². The van der Waals surface area contributed by atoms with Crippen molar-refractivity contribution in [3.8, 4) is 5.75 Å². The number of nitrogens with one attached hydrogen (secondary N) is 1. The predicted octanol–water partition coefficient (Wildman–Crippen LogP) is 1.70.